The molecule has 0 aliphatic carbocycles. The molecule has 0 amide bonds. The van der Waals surface area contributed by atoms with Gasteiger partial charge in [0.1, 0.15) is 18.9 Å². The van der Waals surface area contributed by atoms with Crippen LogP contribution in [0.1, 0.15) is 14.9 Å². The molecule has 0 unspecified atom stereocenters. The van der Waals surface area contributed by atoms with Crippen molar-refractivity contribution in [1.29, 1.82) is 0 Å². The van der Waals surface area contributed by atoms with Gasteiger partial charge in [0.2, 0.25) is 0 Å². The third kappa shape index (κ3) is 20.1. The highest BCUT2D eigenvalue weighted by atomic mass is 16.3. The average Bonchev–Trinajstić information content (AvgIpc) is 3.55. The first-order chi connectivity index (χ1) is 12.5. The molecule has 1 aliphatic heterocycles. The summed E-state index contributed by atoms with van der Waals surface area (Å²) in [7, 11) is 0. The maximum atomic E-state index is 4.47. The summed E-state index contributed by atoms with van der Waals surface area (Å²) in [4.78, 5) is 23.8. The van der Waals surface area contributed by atoms with E-state index in [-0.39, 0.29) is 14.9 Å². The molecule has 0 saturated heterocycles. The second kappa shape index (κ2) is 22.2. The summed E-state index contributed by atoms with van der Waals surface area (Å²) >= 11 is 0. The smallest absolute Gasteiger partial charge is 0.180 e. The van der Waals surface area contributed by atoms with Gasteiger partial charge >= 0.3 is 0 Å². The zero-order valence-corrected chi connectivity index (χ0v) is 13.4. The van der Waals surface area contributed by atoms with Crippen LogP contribution in [0.3, 0.4) is 0 Å². The number of rotatable bonds is 0. The highest BCUT2D eigenvalue weighted by Crippen LogP contribution is 1.78. The van der Waals surface area contributed by atoms with E-state index >= 15 is 0 Å². The zero-order valence-electron chi connectivity index (χ0n) is 13.4. The van der Waals surface area contributed by atoms with Gasteiger partial charge < -0.3 is 14.4 Å². The van der Waals surface area contributed by atoms with Crippen LogP contribution in [0.5, 0.6) is 0 Å². The average molecular weight is 373 g/mol. The summed E-state index contributed by atoms with van der Waals surface area (Å²) in [5, 5.41) is 5.99. The topological polar surface area (TPSA) is 137 Å². The fraction of sp³-hybridized carbons (Fsp3) is 0.176. The fourth-order valence-electron chi connectivity index (χ4n) is 1.08. The predicted octanol–water partition coefficient (Wildman–Crippen LogP) is 3.20. The van der Waals surface area contributed by atoms with E-state index in [1.807, 2.05) is 12.2 Å². The Kier molecular flexibility index (Phi) is 20.9. The van der Waals surface area contributed by atoms with Gasteiger partial charge in [-0.1, -0.05) is 20.9 Å². The van der Waals surface area contributed by atoms with Crippen LogP contribution in [-0.4, -0.2) is 52.9 Å². The van der Waals surface area contributed by atoms with Gasteiger partial charge in [-0.15, -0.1) is 0 Å². The number of hydrogen-bond donors (Lipinski definition) is 3. The fourth-order valence-corrected chi connectivity index (χ4v) is 1.08. The van der Waals surface area contributed by atoms with E-state index in [0.29, 0.717) is 0 Å². The molecule has 4 aromatic rings. The largest absolute Gasteiger partial charge is 0.452 e. The van der Waals surface area contributed by atoms with Crippen LogP contribution in [0.2, 0.25) is 0 Å². The number of allylic oxidation sites excluding steroid dienone is 1. The Morgan fingerprint density at radius 1 is 0.815 bits per heavy atom. The lowest BCUT2D eigenvalue weighted by atomic mass is 10.6. The van der Waals surface area contributed by atoms with E-state index < -0.39 is 0 Å². The van der Waals surface area contributed by atoms with Crippen molar-refractivity contribution >= 4 is 6.21 Å². The first-order valence-electron chi connectivity index (χ1n) is 7.11. The second-order valence-corrected chi connectivity index (χ2v) is 3.79. The van der Waals surface area contributed by atoms with Crippen molar-refractivity contribution in [3.8, 4) is 0 Å². The second-order valence-electron chi connectivity index (χ2n) is 3.79. The number of aromatic amines is 3. The number of aliphatic imine (C=N–C) groups is 1. The molecular weight excluding hydrogens is 346 g/mol. The van der Waals surface area contributed by atoms with E-state index in [9.17, 15) is 0 Å². The quantitative estimate of drug-likeness (QED) is 0.433. The Bertz CT molecular complexity index is 504. The number of imidazole rings is 2. The molecule has 5 heterocycles. The molecule has 0 spiro atoms. The first kappa shape index (κ1) is 25.4. The molecule has 1 aliphatic rings. The predicted molar refractivity (Wildman–Crippen MR) is 106 cm³/mol. The number of nitrogens with one attached hydrogen (secondary N) is 3. The molecule has 3 N–H and O–H groups in total. The molecule has 5 rings (SSSR count). The summed E-state index contributed by atoms with van der Waals surface area (Å²) in [6, 6.07) is 0. The molecule has 0 aromatic carbocycles. The minimum absolute atomic E-state index is 0. The number of oxazole rings is 1. The molecule has 0 saturated carbocycles. The Hall–Kier alpha value is -3.82. The maximum absolute atomic E-state index is 4.47. The Labute approximate surface area is 159 Å². The van der Waals surface area contributed by atoms with Crippen molar-refractivity contribution in [3.63, 3.8) is 0 Å². The molecule has 27 heavy (non-hydrogen) atoms. The zero-order chi connectivity index (χ0) is 17.7. The van der Waals surface area contributed by atoms with Crippen LogP contribution in [0.4, 0.5) is 0 Å². The highest BCUT2D eigenvalue weighted by molar-refractivity contribution is 5.73. The van der Waals surface area contributed by atoms with Crippen LogP contribution in [0.15, 0.2) is 90.5 Å². The van der Waals surface area contributed by atoms with Crippen LogP contribution >= 0.6 is 0 Å². The Balaban J connectivity index is 0. The summed E-state index contributed by atoms with van der Waals surface area (Å²) < 4.78 is 4.47. The lowest BCUT2D eigenvalue weighted by molar-refractivity contribution is 0.558. The number of hydrogen-bond acceptors (Lipinski definition) is 7. The number of aromatic nitrogens is 8. The van der Waals surface area contributed by atoms with Gasteiger partial charge in [-0.05, 0) is 6.08 Å². The Morgan fingerprint density at radius 2 is 1.56 bits per heavy atom. The van der Waals surface area contributed by atoms with Gasteiger partial charge in [0.15, 0.2) is 6.39 Å². The molecule has 0 fully saturated rings. The first-order valence-corrected chi connectivity index (χ1v) is 7.11. The molecular formula is C17H27N9O. The summed E-state index contributed by atoms with van der Waals surface area (Å²) in [5.74, 6) is 0. The van der Waals surface area contributed by atoms with E-state index in [2.05, 4.69) is 49.5 Å². The van der Waals surface area contributed by atoms with Gasteiger partial charge in [0, 0.05) is 31.0 Å². The van der Waals surface area contributed by atoms with Crippen molar-refractivity contribution in [2.45, 2.75) is 14.9 Å². The standard InChI is InChI=1S/C4H5N.2C3H4N2.C3H3NO.C2H3N3.2CH4/c1-2-4-5-3-1;3*1-2-5-3-4-1;1-3-2-5-4-1;;/h1-3H,4H2;2*1-3H,(H,4,5);1-3H;1-2H,(H,3,4,5);2*1H4. The summed E-state index contributed by atoms with van der Waals surface area (Å²) in [6.07, 6.45) is 23.4. The third-order valence-electron chi connectivity index (χ3n) is 2.03. The maximum Gasteiger partial charge on any atom is 0.180 e. The molecule has 0 atom stereocenters. The minimum Gasteiger partial charge on any atom is -0.452 e. The van der Waals surface area contributed by atoms with Crippen LogP contribution in [0, 0.1) is 0 Å². The van der Waals surface area contributed by atoms with Crippen molar-refractivity contribution in [1.82, 2.24) is 40.1 Å². The highest BCUT2D eigenvalue weighted by Gasteiger charge is 1.72. The molecule has 0 radical (unpaired) electrons. The molecule has 10 nitrogen and oxygen atoms in total. The monoisotopic (exact) mass is 373 g/mol. The summed E-state index contributed by atoms with van der Waals surface area (Å²) in [5.41, 5.74) is 0. The SMILES string of the molecule is C.C.C1=CCN=C1.c1c[nH]cn1.c1c[nH]cn1.c1cocn1.c1nc[nH]n1. The van der Waals surface area contributed by atoms with Crippen LogP contribution in [0.25, 0.3) is 0 Å². The van der Waals surface area contributed by atoms with E-state index in [1.54, 1.807) is 49.9 Å². The lowest BCUT2D eigenvalue weighted by Gasteiger charge is -1.60. The molecule has 10 heteroatoms. The van der Waals surface area contributed by atoms with Gasteiger partial charge in [-0.25, -0.2) is 19.9 Å². The van der Waals surface area contributed by atoms with Gasteiger partial charge in [-0.3, -0.25) is 10.1 Å². The van der Waals surface area contributed by atoms with Crippen molar-refractivity contribution in [2.75, 3.05) is 6.54 Å². The van der Waals surface area contributed by atoms with Crippen molar-refractivity contribution in [2.24, 2.45) is 4.99 Å². The van der Waals surface area contributed by atoms with E-state index in [4.69, 9.17) is 0 Å². The lowest BCUT2D eigenvalue weighted by Crippen LogP contribution is -1.54. The van der Waals surface area contributed by atoms with E-state index in [0.717, 1.165) is 6.54 Å². The molecule has 0 bridgehead atoms. The van der Waals surface area contributed by atoms with Crippen LogP contribution < -0.4 is 0 Å². The number of nitrogens with zero attached hydrogens (tertiary/aromatic N) is 6. The third-order valence-corrected chi connectivity index (χ3v) is 2.03. The molecule has 146 valence electrons. The van der Waals surface area contributed by atoms with Gasteiger partial charge in [0.25, 0.3) is 0 Å². The van der Waals surface area contributed by atoms with Crippen molar-refractivity contribution < 1.29 is 4.42 Å². The normalized spacial score (nSPS) is 9.19. The van der Waals surface area contributed by atoms with Crippen molar-refractivity contribution in [3.05, 3.63) is 81.1 Å². The Morgan fingerprint density at radius 3 is 1.70 bits per heavy atom. The minimum atomic E-state index is 0. The van der Waals surface area contributed by atoms with Gasteiger partial charge in [-0.2, -0.15) is 5.10 Å². The van der Waals surface area contributed by atoms with E-state index in [1.165, 1.54) is 25.3 Å². The van der Waals surface area contributed by atoms with Crippen LogP contribution in [-0.2, 0) is 0 Å². The number of H-pyrrole nitrogens is 3. The van der Waals surface area contributed by atoms with Gasteiger partial charge in [0.05, 0.1) is 25.4 Å². The summed E-state index contributed by atoms with van der Waals surface area (Å²) in [6.45, 7) is 0.889. The molecule has 4 aromatic heterocycles.